The average molecular weight is 456 g/mol. The number of halogens is 2. The lowest BCUT2D eigenvalue weighted by atomic mass is 9.49. The number of ether oxygens (including phenoxy) is 1. The van der Waals surface area contributed by atoms with E-state index in [1.807, 2.05) is 0 Å². The molecule has 2 aliphatic rings. The number of carbonyl (C=O) groups excluding carboxylic acids is 1. The zero-order chi connectivity index (χ0) is 23.8. The lowest BCUT2D eigenvalue weighted by Crippen LogP contribution is -2.53. The van der Waals surface area contributed by atoms with Crippen LogP contribution in [0.3, 0.4) is 0 Å². The van der Waals surface area contributed by atoms with Gasteiger partial charge in [-0.3, -0.25) is 4.79 Å². The Labute approximate surface area is 195 Å². The molecule has 2 aliphatic carbocycles. The van der Waals surface area contributed by atoms with Gasteiger partial charge in [0.1, 0.15) is 5.75 Å². The Hall–Kier alpha value is -2.43. The second kappa shape index (κ2) is 9.08. The van der Waals surface area contributed by atoms with Crippen LogP contribution in [0.15, 0.2) is 42.5 Å². The first-order valence-corrected chi connectivity index (χ1v) is 12.1. The van der Waals surface area contributed by atoms with E-state index in [4.69, 9.17) is 0 Å². The molecule has 0 aromatic heterocycles. The van der Waals surface area contributed by atoms with Crippen molar-refractivity contribution < 1.29 is 18.3 Å². The molecule has 0 saturated heterocycles. The van der Waals surface area contributed by atoms with Crippen molar-refractivity contribution in [2.24, 2.45) is 11.3 Å². The molecule has 1 saturated carbocycles. The van der Waals surface area contributed by atoms with Gasteiger partial charge in [0.2, 0.25) is 0 Å². The predicted molar refractivity (Wildman–Crippen MR) is 127 cm³/mol. The quantitative estimate of drug-likeness (QED) is 0.517. The summed E-state index contributed by atoms with van der Waals surface area (Å²) in [5.74, 6) is 0.752. The van der Waals surface area contributed by atoms with Crippen LogP contribution in [0.4, 0.5) is 8.78 Å². The van der Waals surface area contributed by atoms with E-state index in [1.54, 1.807) is 12.1 Å². The van der Waals surface area contributed by atoms with Gasteiger partial charge >= 0.3 is 6.61 Å². The molecule has 5 heteroatoms. The third-order valence-corrected chi connectivity index (χ3v) is 8.14. The molecule has 0 bridgehead atoms. The summed E-state index contributed by atoms with van der Waals surface area (Å²) in [7, 11) is 0. The maximum Gasteiger partial charge on any atom is 0.387 e. The van der Waals surface area contributed by atoms with Gasteiger partial charge < -0.3 is 10.1 Å². The fourth-order valence-electron chi connectivity index (χ4n) is 6.41. The van der Waals surface area contributed by atoms with Crippen LogP contribution in [-0.2, 0) is 11.8 Å². The maximum absolute atomic E-state index is 12.9. The van der Waals surface area contributed by atoms with Crippen molar-refractivity contribution in [3.8, 4) is 5.75 Å². The molecule has 0 aliphatic heterocycles. The standard InChI is InChI=1S/C28H35F2NO2/c1-18(2)19-9-11-23-20(15-19)10-12-24-27(3,13-6-14-28(23,24)4)17-31-25(32)21-7-5-8-22(16-21)33-26(29)30/h5,7-9,11,15-16,18,24,26H,6,10,12-14,17H2,1-4H3,(H,31,32). The fraction of sp³-hybridized carbons (Fsp3) is 0.536. The van der Waals surface area contributed by atoms with Crippen molar-refractivity contribution in [3.63, 3.8) is 0 Å². The molecular formula is C28H35F2NO2. The molecule has 4 rings (SSSR count). The van der Waals surface area contributed by atoms with E-state index in [2.05, 4.69) is 55.9 Å². The van der Waals surface area contributed by atoms with Crippen LogP contribution in [0.5, 0.6) is 5.75 Å². The van der Waals surface area contributed by atoms with Gasteiger partial charge in [-0.25, -0.2) is 0 Å². The minimum atomic E-state index is -2.91. The smallest absolute Gasteiger partial charge is 0.387 e. The first-order chi connectivity index (χ1) is 15.6. The van der Waals surface area contributed by atoms with Gasteiger partial charge in [0, 0.05) is 12.1 Å². The summed E-state index contributed by atoms with van der Waals surface area (Å²) < 4.78 is 29.5. The number of rotatable bonds is 6. The second-order valence-corrected chi connectivity index (χ2v) is 10.7. The molecule has 3 atom stereocenters. The highest BCUT2D eigenvalue weighted by Gasteiger charge is 2.51. The first-order valence-electron chi connectivity index (χ1n) is 12.1. The number of alkyl halides is 2. The van der Waals surface area contributed by atoms with Crippen LogP contribution >= 0.6 is 0 Å². The van der Waals surface area contributed by atoms with Crippen LogP contribution in [0.25, 0.3) is 0 Å². The highest BCUT2D eigenvalue weighted by atomic mass is 19.3. The van der Waals surface area contributed by atoms with Gasteiger partial charge in [0.25, 0.3) is 5.91 Å². The van der Waals surface area contributed by atoms with Crippen molar-refractivity contribution >= 4 is 5.91 Å². The molecule has 0 heterocycles. The van der Waals surface area contributed by atoms with E-state index in [1.165, 1.54) is 35.2 Å². The van der Waals surface area contributed by atoms with Crippen LogP contribution < -0.4 is 10.1 Å². The maximum atomic E-state index is 12.9. The Morgan fingerprint density at radius 2 is 1.94 bits per heavy atom. The number of aryl methyl sites for hydroxylation is 1. The van der Waals surface area contributed by atoms with Crippen LogP contribution in [-0.4, -0.2) is 19.1 Å². The summed E-state index contributed by atoms with van der Waals surface area (Å²) in [6, 6.07) is 13.1. The van der Waals surface area contributed by atoms with Gasteiger partial charge in [-0.15, -0.1) is 0 Å². The average Bonchev–Trinajstić information content (AvgIpc) is 2.77. The van der Waals surface area contributed by atoms with Gasteiger partial charge in [0.05, 0.1) is 0 Å². The number of benzene rings is 2. The Kier molecular flexibility index (Phi) is 6.52. The van der Waals surface area contributed by atoms with Crippen LogP contribution in [0.2, 0.25) is 0 Å². The number of hydrogen-bond acceptors (Lipinski definition) is 2. The summed E-state index contributed by atoms with van der Waals surface area (Å²) in [4.78, 5) is 12.9. The molecule has 33 heavy (non-hydrogen) atoms. The summed E-state index contributed by atoms with van der Waals surface area (Å²) in [5, 5.41) is 3.11. The van der Waals surface area contributed by atoms with E-state index in [0.717, 1.165) is 25.7 Å². The summed E-state index contributed by atoms with van der Waals surface area (Å²) >= 11 is 0. The monoisotopic (exact) mass is 455 g/mol. The van der Waals surface area contributed by atoms with E-state index < -0.39 is 6.61 Å². The molecule has 1 N–H and O–H groups in total. The predicted octanol–water partition coefficient (Wildman–Crippen LogP) is 6.85. The number of nitrogens with one attached hydrogen (secondary N) is 1. The first kappa shape index (κ1) is 23.7. The second-order valence-electron chi connectivity index (χ2n) is 10.7. The number of carbonyl (C=O) groups is 1. The molecule has 1 amide bonds. The lowest BCUT2D eigenvalue weighted by molar-refractivity contribution is -0.0498. The molecule has 1 fully saturated rings. The van der Waals surface area contributed by atoms with E-state index in [-0.39, 0.29) is 22.5 Å². The van der Waals surface area contributed by atoms with Crippen molar-refractivity contribution in [1.29, 1.82) is 0 Å². The van der Waals surface area contributed by atoms with Crippen molar-refractivity contribution in [3.05, 3.63) is 64.7 Å². The summed E-state index contributed by atoms with van der Waals surface area (Å²) in [6.07, 6.45) is 5.56. The third kappa shape index (κ3) is 4.64. The molecule has 0 radical (unpaired) electrons. The number of fused-ring (bicyclic) bond motifs is 3. The molecular weight excluding hydrogens is 420 g/mol. The molecule has 3 unspecified atom stereocenters. The highest BCUT2D eigenvalue weighted by Crippen LogP contribution is 2.57. The highest BCUT2D eigenvalue weighted by molar-refractivity contribution is 5.94. The van der Waals surface area contributed by atoms with E-state index in [9.17, 15) is 13.6 Å². The topological polar surface area (TPSA) is 38.3 Å². The van der Waals surface area contributed by atoms with E-state index in [0.29, 0.717) is 23.9 Å². The number of amides is 1. The normalized spacial score (nSPS) is 26.6. The SMILES string of the molecule is CC(C)c1ccc2c(c1)CCC1C(C)(CNC(=O)c3cccc(OC(F)F)c3)CCCC21C. The van der Waals surface area contributed by atoms with Gasteiger partial charge in [-0.2, -0.15) is 8.78 Å². The largest absolute Gasteiger partial charge is 0.435 e. The molecule has 2 aromatic rings. The van der Waals surface area contributed by atoms with Crippen LogP contribution in [0.1, 0.15) is 86.3 Å². The molecule has 178 valence electrons. The molecule has 2 aromatic carbocycles. The fourth-order valence-corrected chi connectivity index (χ4v) is 6.41. The van der Waals surface area contributed by atoms with Crippen LogP contribution in [0, 0.1) is 11.3 Å². The minimum Gasteiger partial charge on any atom is -0.435 e. The Bertz CT molecular complexity index is 1020. The zero-order valence-electron chi connectivity index (χ0n) is 20.1. The molecule has 0 spiro atoms. The van der Waals surface area contributed by atoms with Crippen molar-refractivity contribution in [2.45, 2.75) is 77.7 Å². The Morgan fingerprint density at radius 3 is 2.67 bits per heavy atom. The summed E-state index contributed by atoms with van der Waals surface area (Å²) in [5.41, 5.74) is 4.80. The minimum absolute atomic E-state index is 0.00115. The Morgan fingerprint density at radius 1 is 1.15 bits per heavy atom. The van der Waals surface area contributed by atoms with Gasteiger partial charge in [-0.05, 0) is 83.2 Å². The molecule has 3 nitrogen and oxygen atoms in total. The van der Waals surface area contributed by atoms with Crippen molar-refractivity contribution in [1.82, 2.24) is 5.32 Å². The van der Waals surface area contributed by atoms with Gasteiger partial charge in [-0.1, -0.05) is 58.4 Å². The lowest BCUT2D eigenvalue weighted by Gasteiger charge is -2.55. The third-order valence-electron chi connectivity index (χ3n) is 8.14. The van der Waals surface area contributed by atoms with Gasteiger partial charge in [0.15, 0.2) is 0 Å². The Balaban J connectivity index is 1.52. The zero-order valence-corrected chi connectivity index (χ0v) is 20.1. The number of hydrogen-bond donors (Lipinski definition) is 1. The van der Waals surface area contributed by atoms with E-state index >= 15 is 0 Å². The summed E-state index contributed by atoms with van der Waals surface area (Å²) in [6.45, 7) is 6.86. The van der Waals surface area contributed by atoms with Crippen molar-refractivity contribution in [2.75, 3.05) is 6.54 Å².